The molecule has 3 N–H and O–H groups in total. The standard InChI is InChI=1S/C17H26N6O2S/c1-6-22(7-2)13-8-9-14(15(10-13)21-26(5,24)25)20-16-11-19-23(12(3)4)17(16)18/h8-12H,6-7H2,1-5H3,(H2,18,19,21)/p+1. The van der Waals surface area contributed by atoms with Gasteiger partial charge >= 0.3 is 5.84 Å². The maximum absolute atomic E-state index is 11.8. The van der Waals surface area contributed by atoms with Gasteiger partial charge in [-0.15, -0.1) is 4.68 Å². The number of benzene rings is 1. The van der Waals surface area contributed by atoms with Crippen molar-refractivity contribution in [3.8, 4) is 0 Å². The molecule has 0 aromatic heterocycles. The summed E-state index contributed by atoms with van der Waals surface area (Å²) in [6.45, 7) is 9.68. The molecule has 0 fully saturated rings. The summed E-state index contributed by atoms with van der Waals surface area (Å²) in [6.07, 6.45) is 2.70. The van der Waals surface area contributed by atoms with E-state index in [4.69, 9.17) is 5.73 Å². The molecule has 8 nitrogen and oxygen atoms in total. The fourth-order valence-electron chi connectivity index (χ4n) is 2.68. The van der Waals surface area contributed by atoms with Crippen LogP contribution in [0.1, 0.15) is 27.7 Å². The SMILES string of the molecule is CCN(CC)c1ccc(N=C2C=N[N+](C(C)C)=C2N)c(NS(C)(=O)=O)c1. The second-order valence-corrected chi connectivity index (χ2v) is 8.06. The molecule has 26 heavy (non-hydrogen) atoms. The van der Waals surface area contributed by atoms with Crippen LogP contribution in [0.2, 0.25) is 0 Å². The third-order valence-electron chi connectivity index (χ3n) is 3.95. The maximum atomic E-state index is 11.8. The van der Waals surface area contributed by atoms with E-state index in [1.807, 2.05) is 33.8 Å². The number of anilines is 2. The summed E-state index contributed by atoms with van der Waals surface area (Å²) in [7, 11) is -3.45. The molecule has 1 heterocycles. The molecule has 9 heteroatoms. The van der Waals surface area contributed by atoms with Crippen molar-refractivity contribution < 1.29 is 13.1 Å². The highest BCUT2D eigenvalue weighted by atomic mass is 32.2. The molecule has 0 amide bonds. The molecule has 0 saturated carbocycles. The zero-order chi connectivity index (χ0) is 19.5. The zero-order valence-corrected chi connectivity index (χ0v) is 16.7. The number of hydrogen-bond acceptors (Lipinski definition) is 6. The fourth-order valence-corrected chi connectivity index (χ4v) is 3.24. The molecule has 0 spiro atoms. The summed E-state index contributed by atoms with van der Waals surface area (Å²) in [6, 6.07) is 5.60. The van der Waals surface area contributed by atoms with E-state index < -0.39 is 10.0 Å². The number of amidine groups is 1. The van der Waals surface area contributed by atoms with E-state index in [1.165, 1.54) is 0 Å². The Bertz CT molecular complexity index is 867. The summed E-state index contributed by atoms with van der Waals surface area (Å²) in [5.74, 6) is 0.443. The number of hydrogen-bond donors (Lipinski definition) is 2. The number of aliphatic imine (C=N–C) groups is 1. The van der Waals surface area contributed by atoms with Crippen LogP contribution in [0.5, 0.6) is 0 Å². The molecule has 2 rings (SSSR count). The molecule has 0 radical (unpaired) electrons. The first-order valence-corrected chi connectivity index (χ1v) is 10.5. The summed E-state index contributed by atoms with van der Waals surface area (Å²) in [5.41, 5.74) is 8.44. The molecule has 0 unspecified atom stereocenters. The summed E-state index contributed by atoms with van der Waals surface area (Å²) >= 11 is 0. The summed E-state index contributed by atoms with van der Waals surface area (Å²) in [4.78, 5) is 6.65. The van der Waals surface area contributed by atoms with Crippen LogP contribution in [0.4, 0.5) is 17.1 Å². The number of nitrogens with two attached hydrogens (primary N) is 1. The van der Waals surface area contributed by atoms with Crippen LogP contribution in [0, 0.1) is 0 Å². The van der Waals surface area contributed by atoms with E-state index in [0.29, 0.717) is 22.9 Å². The smallest absolute Gasteiger partial charge is 0.321 e. The number of rotatable bonds is 7. The van der Waals surface area contributed by atoms with Crippen molar-refractivity contribution in [1.82, 2.24) is 0 Å². The van der Waals surface area contributed by atoms with Crippen molar-refractivity contribution in [3.05, 3.63) is 18.2 Å². The average molecular weight is 380 g/mol. The van der Waals surface area contributed by atoms with Crippen molar-refractivity contribution in [1.29, 1.82) is 0 Å². The van der Waals surface area contributed by atoms with Gasteiger partial charge in [0.2, 0.25) is 10.0 Å². The Kier molecular flexibility index (Phi) is 6.01. The Morgan fingerprint density at radius 1 is 1.31 bits per heavy atom. The van der Waals surface area contributed by atoms with E-state index in [2.05, 4.69) is 19.7 Å². The predicted molar refractivity (Wildman–Crippen MR) is 109 cm³/mol. The van der Waals surface area contributed by atoms with Crippen molar-refractivity contribution in [2.45, 2.75) is 33.7 Å². The number of nitrogens with one attached hydrogen (secondary N) is 1. The predicted octanol–water partition coefficient (Wildman–Crippen LogP) is 1.75. The second-order valence-electron chi connectivity index (χ2n) is 6.31. The number of hydrazone groups is 1. The lowest BCUT2D eigenvalue weighted by molar-refractivity contribution is -0.560. The summed E-state index contributed by atoms with van der Waals surface area (Å²) < 4.78 is 27.8. The molecule has 0 bridgehead atoms. The van der Waals surface area contributed by atoms with Crippen molar-refractivity contribution in [2.24, 2.45) is 15.8 Å². The highest BCUT2D eigenvalue weighted by Crippen LogP contribution is 2.31. The highest BCUT2D eigenvalue weighted by molar-refractivity contribution is 7.92. The van der Waals surface area contributed by atoms with Crippen LogP contribution in [-0.4, -0.2) is 56.3 Å². The Morgan fingerprint density at radius 3 is 2.46 bits per heavy atom. The Labute approximate surface area is 155 Å². The van der Waals surface area contributed by atoms with Crippen LogP contribution < -0.4 is 15.4 Å². The lowest BCUT2D eigenvalue weighted by Gasteiger charge is -2.22. The molecule has 142 valence electrons. The monoisotopic (exact) mass is 379 g/mol. The molecule has 0 aliphatic carbocycles. The van der Waals surface area contributed by atoms with Crippen LogP contribution >= 0.6 is 0 Å². The third kappa shape index (κ3) is 4.60. The highest BCUT2D eigenvalue weighted by Gasteiger charge is 2.24. The van der Waals surface area contributed by atoms with E-state index in [1.54, 1.807) is 23.0 Å². The van der Waals surface area contributed by atoms with Gasteiger partial charge in [0, 0.05) is 18.8 Å². The van der Waals surface area contributed by atoms with Gasteiger partial charge in [-0.1, -0.05) is 5.10 Å². The molecule has 1 aromatic rings. The first-order valence-electron chi connectivity index (χ1n) is 8.57. The fraction of sp³-hybridized carbons (Fsp3) is 0.471. The molecule has 0 saturated heterocycles. The first kappa shape index (κ1) is 19.9. The average Bonchev–Trinajstić information content (AvgIpc) is 2.90. The van der Waals surface area contributed by atoms with Gasteiger partial charge in [-0.25, -0.2) is 13.4 Å². The maximum Gasteiger partial charge on any atom is 0.321 e. The minimum atomic E-state index is -3.45. The first-order chi connectivity index (χ1) is 12.2. The van der Waals surface area contributed by atoms with Crippen molar-refractivity contribution in [3.63, 3.8) is 0 Å². The van der Waals surface area contributed by atoms with Gasteiger partial charge in [0.15, 0.2) is 5.71 Å². The minimum Gasteiger partial charge on any atom is -0.372 e. The number of nitrogens with zero attached hydrogens (tertiary/aromatic N) is 4. The van der Waals surface area contributed by atoms with Gasteiger partial charge in [-0.2, -0.15) is 0 Å². The van der Waals surface area contributed by atoms with Crippen LogP contribution in [-0.2, 0) is 10.0 Å². The van der Waals surface area contributed by atoms with Crippen LogP contribution in [0.15, 0.2) is 28.3 Å². The van der Waals surface area contributed by atoms with E-state index in [-0.39, 0.29) is 6.04 Å². The van der Waals surface area contributed by atoms with Crippen LogP contribution in [0.3, 0.4) is 0 Å². The summed E-state index contributed by atoms with van der Waals surface area (Å²) in [5, 5.41) is 4.24. The Balaban J connectivity index is 2.52. The molecule has 1 aromatic carbocycles. The Morgan fingerprint density at radius 2 is 1.96 bits per heavy atom. The molecule has 1 aliphatic heterocycles. The van der Waals surface area contributed by atoms with Gasteiger partial charge in [0.25, 0.3) is 0 Å². The molecule has 1 aliphatic rings. The normalized spacial score (nSPS) is 16.0. The van der Waals surface area contributed by atoms with Crippen LogP contribution in [0.25, 0.3) is 0 Å². The molecule has 0 atom stereocenters. The van der Waals surface area contributed by atoms with E-state index in [0.717, 1.165) is 25.0 Å². The topological polar surface area (TPSA) is 103 Å². The lowest BCUT2D eigenvalue weighted by Crippen LogP contribution is -2.31. The molecular formula is C17H27N6O2S+. The van der Waals surface area contributed by atoms with Gasteiger partial charge in [0.05, 0.1) is 17.6 Å². The van der Waals surface area contributed by atoms with Gasteiger partial charge in [0.1, 0.15) is 12.3 Å². The zero-order valence-electron chi connectivity index (χ0n) is 15.9. The van der Waals surface area contributed by atoms with Gasteiger partial charge < -0.3 is 4.90 Å². The third-order valence-corrected chi connectivity index (χ3v) is 4.54. The second kappa shape index (κ2) is 7.86. The van der Waals surface area contributed by atoms with E-state index in [9.17, 15) is 8.42 Å². The number of sulfonamides is 1. The largest absolute Gasteiger partial charge is 0.372 e. The van der Waals surface area contributed by atoms with Crippen molar-refractivity contribution >= 4 is 44.8 Å². The lowest BCUT2D eigenvalue weighted by atomic mass is 10.2. The Hall–Kier alpha value is -2.42. The minimum absolute atomic E-state index is 0.109. The van der Waals surface area contributed by atoms with Gasteiger partial charge in [-0.3, -0.25) is 10.5 Å². The van der Waals surface area contributed by atoms with Crippen molar-refractivity contribution in [2.75, 3.05) is 29.0 Å². The van der Waals surface area contributed by atoms with Gasteiger partial charge in [-0.05, 0) is 45.9 Å². The van der Waals surface area contributed by atoms with E-state index >= 15 is 0 Å². The molecular weight excluding hydrogens is 352 g/mol. The quantitative estimate of drug-likeness (QED) is 0.705.